The van der Waals surface area contributed by atoms with Crippen molar-refractivity contribution in [1.29, 1.82) is 0 Å². The lowest BCUT2D eigenvalue weighted by molar-refractivity contribution is -0.133. The second-order valence-electron chi connectivity index (χ2n) is 2.45. The van der Waals surface area contributed by atoms with Crippen molar-refractivity contribution in [3.8, 4) is 0 Å². The van der Waals surface area contributed by atoms with Gasteiger partial charge in [-0.15, -0.1) is 0 Å². The highest BCUT2D eigenvalue weighted by molar-refractivity contribution is 9.10. The van der Waals surface area contributed by atoms with Gasteiger partial charge in [-0.3, -0.25) is 0 Å². The van der Waals surface area contributed by atoms with Crippen LogP contribution in [0.1, 0.15) is 6.92 Å². The number of rotatable bonds is 1. The Balaban J connectivity index is 2.81. The van der Waals surface area contributed by atoms with Gasteiger partial charge in [0.1, 0.15) is 10.1 Å². The Morgan fingerprint density at radius 2 is 2.45 bits per heavy atom. The summed E-state index contributed by atoms with van der Waals surface area (Å²) >= 11 is 3.30. The van der Waals surface area contributed by atoms with E-state index in [9.17, 15) is 4.79 Å². The first-order valence-corrected chi connectivity index (χ1v) is 3.90. The van der Waals surface area contributed by atoms with E-state index in [-0.39, 0.29) is 5.70 Å². The second-order valence-corrected chi connectivity index (χ2v) is 4.09. The maximum Gasteiger partial charge on any atom is 0.351 e. The van der Waals surface area contributed by atoms with Gasteiger partial charge in [0.25, 0.3) is 0 Å². The Bertz CT molecular complexity index is 243. The Hall–Kier alpha value is -0.770. The van der Waals surface area contributed by atoms with E-state index in [1.807, 2.05) is 13.0 Å². The van der Waals surface area contributed by atoms with Crippen LogP contribution >= 0.6 is 15.9 Å². The third-order valence-corrected chi connectivity index (χ3v) is 1.74. The van der Waals surface area contributed by atoms with Crippen LogP contribution in [0.25, 0.3) is 0 Å². The molecule has 0 bridgehead atoms. The molecule has 1 aliphatic rings. The molecule has 3 nitrogen and oxygen atoms in total. The van der Waals surface area contributed by atoms with Gasteiger partial charge >= 0.3 is 5.97 Å². The number of hydrogen-bond acceptors (Lipinski definition) is 2. The molecule has 1 unspecified atom stereocenters. The average molecular weight is 218 g/mol. The molecule has 11 heavy (non-hydrogen) atoms. The first-order valence-electron chi connectivity index (χ1n) is 3.11. The third kappa shape index (κ3) is 2.08. The second kappa shape index (κ2) is 2.70. The van der Waals surface area contributed by atoms with E-state index >= 15 is 0 Å². The summed E-state index contributed by atoms with van der Waals surface area (Å²) in [5.41, 5.74) is 0.201. The zero-order chi connectivity index (χ0) is 8.48. The zero-order valence-corrected chi connectivity index (χ0v) is 7.55. The van der Waals surface area contributed by atoms with Gasteiger partial charge in [0.2, 0.25) is 0 Å². The van der Waals surface area contributed by atoms with E-state index in [4.69, 9.17) is 5.11 Å². The topological polar surface area (TPSA) is 49.3 Å². The fourth-order valence-electron chi connectivity index (χ4n) is 0.796. The summed E-state index contributed by atoms with van der Waals surface area (Å²) in [6.45, 7) is 1.83. The summed E-state index contributed by atoms with van der Waals surface area (Å²) in [5, 5.41) is 11.4. The summed E-state index contributed by atoms with van der Waals surface area (Å²) in [6, 6.07) is 0. The highest BCUT2D eigenvalue weighted by Crippen LogP contribution is 2.20. The van der Waals surface area contributed by atoms with E-state index in [2.05, 4.69) is 21.2 Å². The van der Waals surface area contributed by atoms with Crippen molar-refractivity contribution < 1.29 is 9.90 Å². The van der Waals surface area contributed by atoms with Gasteiger partial charge in [-0.1, -0.05) is 22.0 Å². The van der Waals surface area contributed by atoms with Crippen molar-refractivity contribution >= 4 is 21.9 Å². The van der Waals surface area contributed by atoms with Crippen molar-refractivity contribution in [3.05, 3.63) is 23.9 Å². The number of alkyl halides is 1. The monoisotopic (exact) mass is 217 g/mol. The summed E-state index contributed by atoms with van der Waals surface area (Å²) < 4.78 is -0.435. The molecule has 0 radical (unpaired) electrons. The normalized spacial score (nSPS) is 29.1. The molecule has 0 aromatic rings. The molecule has 0 spiro atoms. The number of nitrogens with one attached hydrogen (secondary N) is 1. The van der Waals surface area contributed by atoms with Crippen LogP contribution in [0.4, 0.5) is 0 Å². The minimum Gasteiger partial charge on any atom is -0.477 e. The molecule has 0 fully saturated rings. The summed E-state index contributed by atoms with van der Waals surface area (Å²) in [6.07, 6.45) is 5.06. The predicted molar refractivity (Wildman–Crippen MR) is 45.3 cm³/mol. The molecular weight excluding hydrogens is 210 g/mol. The van der Waals surface area contributed by atoms with Crippen molar-refractivity contribution in [3.63, 3.8) is 0 Å². The number of carboxylic acid groups (broad SMARTS) is 1. The number of dihydropyridines is 1. The molecule has 1 aliphatic heterocycles. The van der Waals surface area contributed by atoms with Crippen molar-refractivity contribution in [2.24, 2.45) is 0 Å². The number of aliphatic carboxylic acids is 1. The van der Waals surface area contributed by atoms with Gasteiger partial charge in [-0.05, 0) is 19.1 Å². The number of carbonyl (C=O) groups is 1. The molecule has 60 valence electrons. The molecule has 0 aromatic heterocycles. The van der Waals surface area contributed by atoms with Crippen molar-refractivity contribution in [2.45, 2.75) is 11.4 Å². The molecule has 1 atom stereocenters. The van der Waals surface area contributed by atoms with Crippen LogP contribution in [0.3, 0.4) is 0 Å². The first kappa shape index (κ1) is 8.33. The summed E-state index contributed by atoms with van der Waals surface area (Å²) in [5.74, 6) is -0.944. The maximum absolute atomic E-state index is 10.5. The third-order valence-electron chi connectivity index (χ3n) is 1.28. The van der Waals surface area contributed by atoms with Crippen LogP contribution < -0.4 is 5.32 Å². The van der Waals surface area contributed by atoms with Gasteiger partial charge in [-0.2, -0.15) is 0 Å². The molecule has 0 saturated carbocycles. The fourth-order valence-corrected chi connectivity index (χ4v) is 1.16. The average Bonchev–Trinajstić information content (AvgIpc) is 1.85. The maximum atomic E-state index is 10.5. The van der Waals surface area contributed by atoms with E-state index < -0.39 is 10.4 Å². The molecule has 0 aromatic carbocycles. The number of allylic oxidation sites excluding steroid dienone is 2. The highest BCUT2D eigenvalue weighted by atomic mass is 79.9. The van der Waals surface area contributed by atoms with Gasteiger partial charge in [0, 0.05) is 0 Å². The SMILES string of the molecule is CC1(Br)C=CC=C(C(=O)O)N1. The minimum atomic E-state index is -0.944. The van der Waals surface area contributed by atoms with Crippen LogP contribution in [0, 0.1) is 0 Å². The minimum absolute atomic E-state index is 0.201. The predicted octanol–water partition coefficient (Wildman–Crippen LogP) is 1.23. The number of carboxylic acids is 1. The van der Waals surface area contributed by atoms with Gasteiger partial charge < -0.3 is 10.4 Å². The lowest BCUT2D eigenvalue weighted by Gasteiger charge is -2.24. The lowest BCUT2D eigenvalue weighted by Crippen LogP contribution is -2.37. The van der Waals surface area contributed by atoms with E-state index in [0.29, 0.717) is 0 Å². The van der Waals surface area contributed by atoms with Crippen LogP contribution in [0.2, 0.25) is 0 Å². The number of halogens is 1. The van der Waals surface area contributed by atoms with Crippen molar-refractivity contribution in [1.82, 2.24) is 5.32 Å². The Morgan fingerprint density at radius 1 is 1.82 bits per heavy atom. The smallest absolute Gasteiger partial charge is 0.351 e. The van der Waals surface area contributed by atoms with Crippen LogP contribution in [0.5, 0.6) is 0 Å². The largest absolute Gasteiger partial charge is 0.477 e. The first-order chi connectivity index (χ1) is 5.01. The van der Waals surface area contributed by atoms with E-state index in [0.717, 1.165) is 0 Å². The number of hydrogen-bond donors (Lipinski definition) is 2. The van der Waals surface area contributed by atoms with Crippen LogP contribution in [-0.2, 0) is 4.79 Å². The Kier molecular flexibility index (Phi) is 2.04. The quantitative estimate of drug-likeness (QED) is 0.514. The summed E-state index contributed by atoms with van der Waals surface area (Å²) in [4.78, 5) is 10.5. The Labute approximate surface area is 72.9 Å². The molecule has 0 amide bonds. The lowest BCUT2D eigenvalue weighted by atomic mass is 10.2. The van der Waals surface area contributed by atoms with Gasteiger partial charge in [-0.25, -0.2) is 4.79 Å². The zero-order valence-electron chi connectivity index (χ0n) is 5.97. The molecule has 2 N–H and O–H groups in total. The van der Waals surface area contributed by atoms with E-state index in [1.54, 1.807) is 6.08 Å². The molecule has 0 saturated heterocycles. The molecule has 1 rings (SSSR count). The Morgan fingerprint density at radius 3 is 2.82 bits per heavy atom. The van der Waals surface area contributed by atoms with Crippen LogP contribution in [-0.4, -0.2) is 15.5 Å². The fraction of sp³-hybridized carbons (Fsp3) is 0.286. The van der Waals surface area contributed by atoms with Gasteiger partial charge in [0.15, 0.2) is 0 Å². The standard InChI is InChI=1S/C7H8BrNO2/c1-7(8)4-2-3-5(9-7)6(10)11/h2-4,9H,1H3,(H,10,11). The van der Waals surface area contributed by atoms with E-state index in [1.165, 1.54) is 6.08 Å². The van der Waals surface area contributed by atoms with Crippen molar-refractivity contribution in [2.75, 3.05) is 0 Å². The molecular formula is C7H8BrNO2. The molecule has 1 heterocycles. The van der Waals surface area contributed by atoms with Crippen LogP contribution in [0.15, 0.2) is 23.9 Å². The molecule has 0 aliphatic carbocycles. The highest BCUT2D eigenvalue weighted by Gasteiger charge is 2.22. The molecule has 4 heteroatoms. The summed E-state index contributed by atoms with van der Waals surface area (Å²) in [7, 11) is 0. The van der Waals surface area contributed by atoms with Gasteiger partial charge in [0.05, 0.1) is 0 Å².